The molecule has 42 heavy (non-hydrogen) atoms. The van der Waals surface area contributed by atoms with Crippen molar-refractivity contribution < 1.29 is 4.84 Å². The summed E-state index contributed by atoms with van der Waals surface area (Å²) < 4.78 is 1.86. The summed E-state index contributed by atoms with van der Waals surface area (Å²) in [4.78, 5) is 25.4. The Bertz CT molecular complexity index is 1730. The molecule has 2 aromatic heterocycles. The summed E-state index contributed by atoms with van der Waals surface area (Å²) in [6.07, 6.45) is 7.38. The molecule has 2 saturated heterocycles. The lowest BCUT2D eigenvalue weighted by molar-refractivity contribution is -0.173. The van der Waals surface area contributed by atoms with Crippen LogP contribution in [-0.4, -0.2) is 47.8 Å². The van der Waals surface area contributed by atoms with Gasteiger partial charge in [-0.1, -0.05) is 74.4 Å². The summed E-state index contributed by atoms with van der Waals surface area (Å²) in [6, 6.07) is 23.0. The number of piperidine rings is 1. The summed E-state index contributed by atoms with van der Waals surface area (Å²) >= 11 is 0. The van der Waals surface area contributed by atoms with E-state index in [0.29, 0.717) is 23.8 Å². The van der Waals surface area contributed by atoms with Crippen LogP contribution < -0.4 is 5.56 Å². The molecule has 5 aromatic rings. The normalized spacial score (nSPS) is 18.9. The number of H-pyrrole nitrogens is 1. The van der Waals surface area contributed by atoms with Gasteiger partial charge in [-0.05, 0) is 65.3 Å². The van der Waals surface area contributed by atoms with Gasteiger partial charge < -0.3 is 0 Å². The van der Waals surface area contributed by atoms with E-state index in [4.69, 9.17) is 9.82 Å². The van der Waals surface area contributed by atoms with E-state index >= 15 is 0 Å². The summed E-state index contributed by atoms with van der Waals surface area (Å²) in [7, 11) is 0. The Kier molecular flexibility index (Phi) is 7.36. The number of fused-ring (bicyclic) bond motifs is 2. The first-order valence-corrected chi connectivity index (χ1v) is 15.1. The Morgan fingerprint density at radius 1 is 1.02 bits per heavy atom. The molecule has 0 bridgehead atoms. The third kappa shape index (κ3) is 5.14. The molecule has 2 aliphatic rings. The molecule has 0 spiro atoms. The van der Waals surface area contributed by atoms with Gasteiger partial charge in [-0.2, -0.15) is 10.3 Å². The van der Waals surface area contributed by atoms with Gasteiger partial charge in [0.1, 0.15) is 11.9 Å². The largest absolute Gasteiger partial charge is 0.292 e. The smallest absolute Gasteiger partial charge is 0.261 e. The van der Waals surface area contributed by atoms with Gasteiger partial charge in [-0.25, -0.2) is 4.98 Å². The van der Waals surface area contributed by atoms with Crippen molar-refractivity contribution in [3.63, 3.8) is 0 Å². The van der Waals surface area contributed by atoms with Gasteiger partial charge in [0.25, 0.3) is 5.56 Å². The number of nitrogens with one attached hydrogen (secondary N) is 1. The average Bonchev–Trinajstić information content (AvgIpc) is 3.73. The number of hydroxylamine groups is 2. The predicted molar refractivity (Wildman–Crippen MR) is 162 cm³/mol. The molecule has 214 valence electrons. The molecular formula is C33H35N7O2. The van der Waals surface area contributed by atoms with E-state index in [1.807, 2.05) is 34.9 Å². The summed E-state index contributed by atoms with van der Waals surface area (Å²) in [5.41, 5.74) is 5.86. The predicted octanol–water partition coefficient (Wildman–Crippen LogP) is 5.87. The second-order valence-electron chi connectivity index (χ2n) is 11.4. The van der Waals surface area contributed by atoms with Crippen molar-refractivity contribution in [2.75, 3.05) is 6.54 Å². The Morgan fingerprint density at radius 2 is 1.88 bits per heavy atom. The molecule has 0 amide bonds. The highest BCUT2D eigenvalue weighted by atomic mass is 16.7. The molecule has 2 atom stereocenters. The van der Waals surface area contributed by atoms with Gasteiger partial charge in [-0.15, -0.1) is 10.2 Å². The number of hydrogen-bond donors (Lipinski definition) is 1. The first-order valence-electron chi connectivity index (χ1n) is 15.1. The zero-order valence-corrected chi connectivity index (χ0v) is 23.9. The van der Waals surface area contributed by atoms with E-state index in [2.05, 4.69) is 69.0 Å². The molecule has 2 fully saturated rings. The summed E-state index contributed by atoms with van der Waals surface area (Å²) in [5, 5.41) is 17.4. The van der Waals surface area contributed by atoms with Crippen LogP contribution in [0, 0.1) is 0 Å². The summed E-state index contributed by atoms with van der Waals surface area (Å²) in [5.74, 6) is 1.39. The van der Waals surface area contributed by atoms with Crippen molar-refractivity contribution in [2.45, 2.75) is 70.6 Å². The Morgan fingerprint density at radius 3 is 2.67 bits per heavy atom. The molecule has 9 heteroatoms. The quantitative estimate of drug-likeness (QED) is 0.253. The van der Waals surface area contributed by atoms with Gasteiger partial charge in [-0.3, -0.25) is 14.2 Å². The first-order chi connectivity index (χ1) is 20.7. The maximum absolute atomic E-state index is 14.0. The van der Waals surface area contributed by atoms with Crippen LogP contribution in [0.15, 0.2) is 71.5 Å². The molecular weight excluding hydrogens is 526 g/mol. The maximum Gasteiger partial charge on any atom is 0.261 e. The minimum absolute atomic E-state index is 0.00649. The van der Waals surface area contributed by atoms with Gasteiger partial charge in [0.2, 0.25) is 5.82 Å². The van der Waals surface area contributed by atoms with Gasteiger partial charge >= 0.3 is 0 Å². The molecule has 2 aliphatic heterocycles. The van der Waals surface area contributed by atoms with Crippen LogP contribution in [-0.2, 0) is 17.8 Å². The number of aromatic nitrogens is 6. The van der Waals surface area contributed by atoms with Crippen molar-refractivity contribution in [2.24, 2.45) is 0 Å². The first kappa shape index (κ1) is 26.7. The molecule has 4 heterocycles. The van der Waals surface area contributed by atoms with Crippen LogP contribution in [0.2, 0.25) is 0 Å². The van der Waals surface area contributed by atoms with Crippen molar-refractivity contribution in [1.82, 2.24) is 35.2 Å². The Hall–Kier alpha value is -4.21. The van der Waals surface area contributed by atoms with Crippen molar-refractivity contribution >= 4 is 10.9 Å². The zero-order valence-electron chi connectivity index (χ0n) is 23.9. The number of tetrazole rings is 1. The second kappa shape index (κ2) is 11.6. The van der Waals surface area contributed by atoms with E-state index in [1.165, 1.54) is 19.3 Å². The number of unbranched alkanes of at least 4 members (excludes halogenated alkanes) is 1. The van der Waals surface area contributed by atoms with Crippen LogP contribution in [0.3, 0.4) is 0 Å². The number of aryl methyl sites for hydroxylation is 1. The van der Waals surface area contributed by atoms with E-state index in [-0.39, 0.29) is 11.7 Å². The van der Waals surface area contributed by atoms with Crippen molar-refractivity contribution in [3.8, 4) is 22.5 Å². The molecule has 1 N–H and O–H groups in total. The van der Waals surface area contributed by atoms with E-state index in [1.54, 1.807) is 0 Å². The zero-order chi connectivity index (χ0) is 28.5. The molecule has 0 unspecified atom stereocenters. The highest BCUT2D eigenvalue weighted by molar-refractivity contribution is 5.80. The van der Waals surface area contributed by atoms with Gasteiger partial charge in [0.05, 0.1) is 17.4 Å². The standard InChI is InChI=1S/C33H35N7O2/c1-2-3-11-31-34-29-17-16-24(30-20-25-8-6-7-18-40(25)42-30)19-28(29)33(41)39(31)21-22-12-14-23(15-13-22)26-9-4-5-10-27(26)32-35-37-38-36-32/h4-5,9-10,12-17,19,25,30H,2-3,6-8,11,18,20-21H2,1H3,(H,35,36,37,38)/t25-,30-/m1/s1. The van der Waals surface area contributed by atoms with E-state index < -0.39 is 0 Å². The molecule has 0 radical (unpaired) electrons. The van der Waals surface area contributed by atoms with E-state index in [9.17, 15) is 4.79 Å². The average molecular weight is 562 g/mol. The lowest BCUT2D eigenvalue weighted by Gasteiger charge is -2.26. The molecule has 7 rings (SSSR count). The third-order valence-corrected chi connectivity index (χ3v) is 8.62. The number of aromatic amines is 1. The lowest BCUT2D eigenvalue weighted by Crippen LogP contribution is -2.32. The fraction of sp³-hybridized carbons (Fsp3) is 0.364. The monoisotopic (exact) mass is 561 g/mol. The van der Waals surface area contributed by atoms with Crippen molar-refractivity contribution in [3.05, 3.63) is 94.0 Å². The maximum atomic E-state index is 14.0. The van der Waals surface area contributed by atoms with Crippen LogP contribution >= 0.6 is 0 Å². The van der Waals surface area contributed by atoms with Gasteiger partial charge in [0, 0.05) is 24.6 Å². The molecule has 3 aromatic carbocycles. The number of benzene rings is 3. The molecule has 0 saturated carbocycles. The van der Waals surface area contributed by atoms with Crippen molar-refractivity contribution in [1.29, 1.82) is 0 Å². The lowest BCUT2D eigenvalue weighted by atomic mass is 9.97. The number of hydrogen-bond acceptors (Lipinski definition) is 7. The highest BCUT2D eigenvalue weighted by Crippen LogP contribution is 2.38. The number of rotatable bonds is 8. The van der Waals surface area contributed by atoms with Crippen LogP contribution in [0.1, 0.15) is 68.5 Å². The van der Waals surface area contributed by atoms with E-state index in [0.717, 1.165) is 71.4 Å². The number of nitrogens with zero attached hydrogens (tertiary/aromatic N) is 6. The molecule has 9 nitrogen and oxygen atoms in total. The minimum atomic E-state index is -0.00649. The summed E-state index contributed by atoms with van der Waals surface area (Å²) in [6.45, 7) is 3.62. The third-order valence-electron chi connectivity index (χ3n) is 8.62. The highest BCUT2D eigenvalue weighted by Gasteiger charge is 2.35. The van der Waals surface area contributed by atoms with Crippen LogP contribution in [0.4, 0.5) is 0 Å². The SMILES string of the molecule is CCCCc1nc2ccc([C@H]3C[C@H]4CCCCN4O3)cc2c(=O)n1Cc1ccc(-c2ccccc2-c2nn[nH]n2)cc1. The Labute approximate surface area is 244 Å². The minimum Gasteiger partial charge on any atom is -0.292 e. The second-order valence-corrected chi connectivity index (χ2v) is 11.4. The Balaban J connectivity index is 1.21. The van der Waals surface area contributed by atoms with Crippen LogP contribution in [0.5, 0.6) is 0 Å². The fourth-order valence-electron chi connectivity index (χ4n) is 6.35. The topological polar surface area (TPSA) is 102 Å². The fourth-order valence-corrected chi connectivity index (χ4v) is 6.35. The van der Waals surface area contributed by atoms with Gasteiger partial charge in [0.15, 0.2) is 0 Å². The molecule has 0 aliphatic carbocycles. The van der Waals surface area contributed by atoms with Crippen LogP contribution in [0.25, 0.3) is 33.4 Å².